The topological polar surface area (TPSA) is 41.6 Å². The first kappa shape index (κ1) is 18.0. The third-order valence-corrected chi connectivity index (χ3v) is 6.62. The van der Waals surface area contributed by atoms with Crippen LogP contribution in [-0.2, 0) is 4.74 Å². The molecule has 1 aliphatic heterocycles. The Kier molecular flexibility index (Phi) is 5.15. The van der Waals surface area contributed by atoms with Gasteiger partial charge in [0.2, 0.25) is 0 Å². The largest absolute Gasteiger partial charge is 0.444 e. The van der Waals surface area contributed by atoms with Crippen LogP contribution in [0.25, 0.3) is 0 Å². The number of alkyl carbamates (subject to hydrolysis) is 1. The first-order valence-electron chi connectivity index (χ1n) is 10.0. The van der Waals surface area contributed by atoms with Crippen molar-refractivity contribution in [3.05, 3.63) is 0 Å². The molecule has 2 aliphatic carbocycles. The fraction of sp³-hybridized carbons (Fsp3) is 0.950. The smallest absolute Gasteiger partial charge is 0.407 e. The monoisotopic (exact) mass is 336 g/mol. The summed E-state index contributed by atoms with van der Waals surface area (Å²) in [5, 5.41) is 3.21. The molecule has 2 atom stereocenters. The molecule has 3 fully saturated rings. The van der Waals surface area contributed by atoms with Crippen molar-refractivity contribution >= 4 is 6.09 Å². The predicted octanol–water partition coefficient (Wildman–Crippen LogP) is 4.33. The van der Waals surface area contributed by atoms with Crippen LogP contribution in [0.4, 0.5) is 4.79 Å². The lowest BCUT2D eigenvalue weighted by Crippen LogP contribution is -2.51. The molecule has 0 aromatic heterocycles. The van der Waals surface area contributed by atoms with Crippen LogP contribution in [0.2, 0.25) is 0 Å². The van der Waals surface area contributed by atoms with Crippen LogP contribution in [0.3, 0.4) is 0 Å². The fourth-order valence-electron chi connectivity index (χ4n) is 5.02. The third kappa shape index (κ3) is 3.89. The predicted molar refractivity (Wildman–Crippen MR) is 97.1 cm³/mol. The Morgan fingerprint density at radius 2 is 1.83 bits per heavy atom. The van der Waals surface area contributed by atoms with Crippen LogP contribution in [0.5, 0.6) is 0 Å². The number of ether oxygens (including phenoxy) is 1. The summed E-state index contributed by atoms with van der Waals surface area (Å²) in [4.78, 5) is 14.9. The normalized spacial score (nSPS) is 29.2. The molecule has 4 nitrogen and oxygen atoms in total. The summed E-state index contributed by atoms with van der Waals surface area (Å²) < 4.78 is 5.51. The van der Waals surface area contributed by atoms with Gasteiger partial charge in [-0.15, -0.1) is 0 Å². The van der Waals surface area contributed by atoms with Crippen molar-refractivity contribution in [2.75, 3.05) is 13.1 Å². The second kappa shape index (κ2) is 6.86. The fourth-order valence-corrected chi connectivity index (χ4v) is 5.02. The van der Waals surface area contributed by atoms with E-state index in [0.29, 0.717) is 11.5 Å². The number of hydrogen-bond acceptors (Lipinski definition) is 3. The van der Waals surface area contributed by atoms with Gasteiger partial charge in [-0.25, -0.2) is 4.79 Å². The molecule has 0 radical (unpaired) electrons. The van der Waals surface area contributed by atoms with Gasteiger partial charge in [0.25, 0.3) is 0 Å². The van der Waals surface area contributed by atoms with E-state index in [9.17, 15) is 4.79 Å². The highest BCUT2D eigenvalue weighted by atomic mass is 16.6. The molecule has 1 spiro atoms. The van der Waals surface area contributed by atoms with Gasteiger partial charge in [-0.3, -0.25) is 4.90 Å². The zero-order valence-electron chi connectivity index (χ0n) is 16.1. The maximum absolute atomic E-state index is 12.3. The molecule has 1 amide bonds. The van der Waals surface area contributed by atoms with Gasteiger partial charge in [0.1, 0.15) is 5.60 Å². The molecule has 4 heteroatoms. The SMILES string of the molecule is CC(C1CCCCC1)N1CC(NC(=O)OC(C)(C)C)C2(CCC2)C1. The van der Waals surface area contributed by atoms with E-state index >= 15 is 0 Å². The van der Waals surface area contributed by atoms with Crippen molar-refractivity contribution in [2.24, 2.45) is 11.3 Å². The van der Waals surface area contributed by atoms with Gasteiger partial charge in [0.15, 0.2) is 0 Å². The second-order valence-corrected chi connectivity index (χ2v) is 9.48. The number of amides is 1. The summed E-state index contributed by atoms with van der Waals surface area (Å²) in [5.74, 6) is 0.844. The van der Waals surface area contributed by atoms with Gasteiger partial charge < -0.3 is 10.1 Å². The molecule has 138 valence electrons. The summed E-state index contributed by atoms with van der Waals surface area (Å²) >= 11 is 0. The highest BCUT2D eigenvalue weighted by Gasteiger charge is 2.52. The minimum Gasteiger partial charge on any atom is -0.444 e. The van der Waals surface area contributed by atoms with Gasteiger partial charge in [-0.1, -0.05) is 25.7 Å². The minimum atomic E-state index is -0.426. The van der Waals surface area contributed by atoms with Crippen LogP contribution >= 0.6 is 0 Å². The summed E-state index contributed by atoms with van der Waals surface area (Å²) in [5.41, 5.74) is -0.121. The molecule has 3 rings (SSSR count). The number of carbonyl (C=O) groups excluding carboxylic acids is 1. The Bertz CT molecular complexity index is 447. The van der Waals surface area contributed by atoms with Gasteiger partial charge in [0, 0.05) is 24.5 Å². The molecular weight excluding hydrogens is 300 g/mol. The summed E-state index contributed by atoms with van der Waals surface area (Å²) in [7, 11) is 0. The number of hydrogen-bond donors (Lipinski definition) is 1. The molecule has 1 heterocycles. The number of nitrogens with one attached hydrogen (secondary N) is 1. The van der Waals surface area contributed by atoms with Gasteiger partial charge in [-0.05, 0) is 59.3 Å². The molecule has 1 N–H and O–H groups in total. The van der Waals surface area contributed by atoms with Crippen LogP contribution in [0.1, 0.15) is 79.1 Å². The van der Waals surface area contributed by atoms with E-state index < -0.39 is 5.60 Å². The van der Waals surface area contributed by atoms with E-state index in [1.807, 2.05) is 20.8 Å². The minimum absolute atomic E-state index is 0.244. The zero-order valence-corrected chi connectivity index (χ0v) is 16.1. The lowest BCUT2D eigenvalue weighted by atomic mass is 9.65. The average Bonchev–Trinajstić information content (AvgIpc) is 2.85. The number of nitrogens with zero attached hydrogens (tertiary/aromatic N) is 1. The van der Waals surface area contributed by atoms with E-state index in [-0.39, 0.29) is 12.1 Å². The lowest BCUT2D eigenvalue weighted by Gasteiger charge is -2.43. The van der Waals surface area contributed by atoms with Crippen LogP contribution < -0.4 is 5.32 Å². The lowest BCUT2D eigenvalue weighted by molar-refractivity contribution is 0.0400. The molecular formula is C20H36N2O2. The third-order valence-electron chi connectivity index (χ3n) is 6.62. The summed E-state index contributed by atoms with van der Waals surface area (Å²) in [6.07, 6.45) is 10.5. The summed E-state index contributed by atoms with van der Waals surface area (Å²) in [6, 6.07) is 0.903. The molecule has 3 aliphatic rings. The van der Waals surface area contributed by atoms with Crippen LogP contribution in [-0.4, -0.2) is 41.8 Å². The molecule has 2 unspecified atom stereocenters. The Balaban J connectivity index is 1.61. The Morgan fingerprint density at radius 3 is 2.38 bits per heavy atom. The zero-order chi connectivity index (χ0) is 17.4. The van der Waals surface area contributed by atoms with Crippen molar-refractivity contribution in [2.45, 2.75) is 96.7 Å². The molecule has 0 bridgehead atoms. The van der Waals surface area contributed by atoms with E-state index in [1.54, 1.807) is 0 Å². The highest BCUT2D eigenvalue weighted by Crippen LogP contribution is 2.49. The van der Waals surface area contributed by atoms with Crippen molar-refractivity contribution in [3.8, 4) is 0 Å². The standard InChI is InChI=1S/C20H36N2O2/c1-15(16-9-6-5-7-10-16)22-13-17(20(14-22)11-8-12-20)21-18(23)24-19(2,3)4/h15-17H,5-14H2,1-4H3,(H,21,23). The summed E-state index contributed by atoms with van der Waals surface area (Å²) in [6.45, 7) is 10.4. The van der Waals surface area contributed by atoms with Crippen molar-refractivity contribution in [1.29, 1.82) is 0 Å². The second-order valence-electron chi connectivity index (χ2n) is 9.48. The number of carbonyl (C=O) groups is 1. The molecule has 2 saturated carbocycles. The first-order valence-corrected chi connectivity index (χ1v) is 10.0. The van der Waals surface area contributed by atoms with E-state index in [1.165, 1.54) is 51.4 Å². The molecule has 0 aromatic rings. The van der Waals surface area contributed by atoms with Crippen LogP contribution in [0.15, 0.2) is 0 Å². The number of likely N-dealkylation sites (tertiary alicyclic amines) is 1. The Labute approximate surface area is 147 Å². The molecule has 1 saturated heterocycles. The first-order chi connectivity index (χ1) is 11.3. The molecule has 0 aromatic carbocycles. The van der Waals surface area contributed by atoms with E-state index in [4.69, 9.17) is 4.74 Å². The average molecular weight is 337 g/mol. The van der Waals surface area contributed by atoms with Gasteiger partial charge in [0.05, 0.1) is 6.04 Å². The quantitative estimate of drug-likeness (QED) is 0.834. The highest BCUT2D eigenvalue weighted by molar-refractivity contribution is 5.68. The molecule has 24 heavy (non-hydrogen) atoms. The van der Waals surface area contributed by atoms with Crippen molar-refractivity contribution in [3.63, 3.8) is 0 Å². The van der Waals surface area contributed by atoms with E-state index in [2.05, 4.69) is 17.1 Å². The van der Waals surface area contributed by atoms with Gasteiger partial charge in [-0.2, -0.15) is 0 Å². The van der Waals surface area contributed by atoms with Gasteiger partial charge >= 0.3 is 6.09 Å². The maximum Gasteiger partial charge on any atom is 0.407 e. The maximum atomic E-state index is 12.3. The Morgan fingerprint density at radius 1 is 1.17 bits per heavy atom. The Hall–Kier alpha value is -0.770. The number of rotatable bonds is 3. The van der Waals surface area contributed by atoms with Crippen molar-refractivity contribution < 1.29 is 9.53 Å². The van der Waals surface area contributed by atoms with E-state index in [0.717, 1.165) is 19.0 Å². The van der Waals surface area contributed by atoms with Crippen LogP contribution in [0, 0.1) is 11.3 Å². The van der Waals surface area contributed by atoms with Crippen molar-refractivity contribution in [1.82, 2.24) is 10.2 Å².